The number of hydrogen-bond donors (Lipinski definition) is 1. The van der Waals surface area contributed by atoms with Crippen molar-refractivity contribution in [1.29, 1.82) is 0 Å². The lowest BCUT2D eigenvalue weighted by Crippen LogP contribution is -2.30. The Morgan fingerprint density at radius 1 is 1.17 bits per heavy atom. The van der Waals surface area contributed by atoms with Crippen molar-refractivity contribution in [2.45, 2.75) is 24.7 Å². The molecule has 24 heavy (non-hydrogen) atoms. The number of carbonyl (C=O) groups excluding carboxylic acids is 1. The van der Waals surface area contributed by atoms with Crippen molar-refractivity contribution >= 4 is 11.9 Å². The maximum atomic E-state index is 12.7. The Hall–Kier alpha value is -2.63. The molecule has 1 saturated heterocycles. The van der Waals surface area contributed by atoms with E-state index in [0.29, 0.717) is 12.5 Å². The van der Waals surface area contributed by atoms with E-state index in [1.165, 1.54) is 0 Å². The van der Waals surface area contributed by atoms with E-state index in [1.807, 2.05) is 30.3 Å². The van der Waals surface area contributed by atoms with Gasteiger partial charge in [-0.3, -0.25) is 9.59 Å². The fraction of sp³-hybridized carbons (Fsp3) is 0.389. The average Bonchev–Trinajstić information content (AvgIpc) is 3.16. The smallest absolute Gasteiger partial charge is 0.308 e. The lowest BCUT2D eigenvalue weighted by molar-refractivity contribution is -0.141. The Balaban J connectivity index is 1.55. The van der Waals surface area contributed by atoms with Crippen LogP contribution in [0.4, 0.5) is 0 Å². The van der Waals surface area contributed by atoms with Gasteiger partial charge in [-0.2, -0.15) is 0 Å². The van der Waals surface area contributed by atoms with Crippen molar-refractivity contribution in [2.24, 2.45) is 5.92 Å². The molecule has 0 unspecified atom stereocenters. The van der Waals surface area contributed by atoms with Gasteiger partial charge in [0.1, 0.15) is 5.76 Å². The first-order chi connectivity index (χ1) is 11.6. The summed E-state index contributed by atoms with van der Waals surface area (Å²) in [5.74, 6) is -0.796. The van der Waals surface area contributed by atoms with Crippen LogP contribution in [0.25, 0.3) is 0 Å². The van der Waals surface area contributed by atoms with E-state index in [0.717, 1.165) is 24.2 Å². The zero-order valence-electron chi connectivity index (χ0n) is 13.1. The van der Waals surface area contributed by atoms with Gasteiger partial charge in [-0.15, -0.1) is 0 Å². The molecule has 0 bridgehead atoms. The summed E-state index contributed by atoms with van der Waals surface area (Å²) in [6, 6.07) is 11.2. The number of rotatable bonds is 4. The minimum atomic E-state index is -0.877. The van der Waals surface area contributed by atoms with Gasteiger partial charge in [-0.05, 0) is 18.4 Å². The SMILES string of the molecule is O=C(O)[C@@H]1CN(C(=O)c2cc(C3CC3)on2)C[C@@H]1c1ccccc1. The molecule has 2 aromatic rings. The number of carboxylic acids is 1. The predicted octanol–water partition coefficient (Wildman–Crippen LogP) is 2.49. The molecule has 4 rings (SSSR count). The van der Waals surface area contributed by atoms with Gasteiger partial charge in [0.2, 0.25) is 0 Å². The molecule has 6 heteroatoms. The van der Waals surface area contributed by atoms with Gasteiger partial charge in [0.05, 0.1) is 5.92 Å². The highest BCUT2D eigenvalue weighted by atomic mass is 16.5. The van der Waals surface area contributed by atoms with E-state index in [-0.39, 0.29) is 24.1 Å². The summed E-state index contributed by atoms with van der Waals surface area (Å²) in [6.07, 6.45) is 2.15. The first-order valence-corrected chi connectivity index (χ1v) is 8.17. The molecule has 1 aliphatic carbocycles. The van der Waals surface area contributed by atoms with Crippen LogP contribution in [0, 0.1) is 5.92 Å². The van der Waals surface area contributed by atoms with E-state index in [2.05, 4.69) is 5.16 Å². The first kappa shape index (κ1) is 14.9. The molecule has 1 aliphatic heterocycles. The number of hydrogen-bond acceptors (Lipinski definition) is 4. The molecular weight excluding hydrogens is 308 g/mol. The van der Waals surface area contributed by atoms with Crippen molar-refractivity contribution < 1.29 is 19.2 Å². The summed E-state index contributed by atoms with van der Waals surface area (Å²) in [5, 5.41) is 13.4. The van der Waals surface area contributed by atoms with Crippen molar-refractivity contribution in [3.05, 3.63) is 53.4 Å². The lowest BCUT2D eigenvalue weighted by atomic mass is 9.89. The quantitative estimate of drug-likeness (QED) is 0.933. The number of amides is 1. The van der Waals surface area contributed by atoms with E-state index < -0.39 is 11.9 Å². The normalized spacial score (nSPS) is 23.4. The average molecular weight is 326 g/mol. The van der Waals surface area contributed by atoms with Crippen LogP contribution in [0.1, 0.15) is 46.5 Å². The van der Waals surface area contributed by atoms with Crippen molar-refractivity contribution in [3.8, 4) is 0 Å². The van der Waals surface area contributed by atoms with Crippen LogP contribution in [0.3, 0.4) is 0 Å². The summed E-state index contributed by atoms with van der Waals surface area (Å²) in [6.45, 7) is 0.574. The fourth-order valence-electron chi connectivity index (χ4n) is 3.37. The van der Waals surface area contributed by atoms with E-state index in [1.54, 1.807) is 11.0 Å². The Labute approximate surface area is 139 Å². The molecule has 2 aliphatic rings. The lowest BCUT2D eigenvalue weighted by Gasteiger charge is -2.15. The minimum Gasteiger partial charge on any atom is -0.481 e. The van der Waals surface area contributed by atoms with Crippen LogP contribution >= 0.6 is 0 Å². The van der Waals surface area contributed by atoms with E-state index in [9.17, 15) is 14.7 Å². The summed E-state index contributed by atoms with van der Waals surface area (Å²) >= 11 is 0. The molecule has 1 amide bonds. The highest BCUT2D eigenvalue weighted by Crippen LogP contribution is 2.40. The second-order valence-electron chi connectivity index (χ2n) is 6.56. The second kappa shape index (κ2) is 5.78. The zero-order chi connectivity index (χ0) is 16.7. The van der Waals surface area contributed by atoms with Crippen molar-refractivity contribution in [2.75, 3.05) is 13.1 Å². The van der Waals surface area contributed by atoms with Crippen LogP contribution in [-0.4, -0.2) is 40.1 Å². The van der Waals surface area contributed by atoms with Gasteiger partial charge < -0.3 is 14.5 Å². The monoisotopic (exact) mass is 326 g/mol. The number of aromatic nitrogens is 1. The van der Waals surface area contributed by atoms with E-state index >= 15 is 0 Å². The molecule has 2 atom stereocenters. The molecule has 0 spiro atoms. The number of carbonyl (C=O) groups is 2. The second-order valence-corrected chi connectivity index (χ2v) is 6.56. The first-order valence-electron chi connectivity index (χ1n) is 8.17. The molecule has 1 aromatic heterocycles. The van der Waals surface area contributed by atoms with Crippen LogP contribution in [0.5, 0.6) is 0 Å². The summed E-state index contributed by atoms with van der Waals surface area (Å²) in [7, 11) is 0. The van der Waals surface area contributed by atoms with Gasteiger partial charge in [0, 0.05) is 31.0 Å². The van der Waals surface area contributed by atoms with Crippen LogP contribution in [0.15, 0.2) is 40.9 Å². The van der Waals surface area contributed by atoms with Crippen molar-refractivity contribution in [3.63, 3.8) is 0 Å². The van der Waals surface area contributed by atoms with Gasteiger partial charge >= 0.3 is 5.97 Å². The van der Waals surface area contributed by atoms with Gasteiger partial charge in [0.15, 0.2) is 5.69 Å². The number of likely N-dealkylation sites (tertiary alicyclic amines) is 1. The molecule has 1 N–H and O–H groups in total. The summed E-state index contributed by atoms with van der Waals surface area (Å²) in [4.78, 5) is 25.9. The fourth-order valence-corrected chi connectivity index (χ4v) is 3.37. The van der Waals surface area contributed by atoms with Gasteiger partial charge in [-0.1, -0.05) is 35.5 Å². The highest BCUT2D eigenvalue weighted by Gasteiger charge is 2.41. The Morgan fingerprint density at radius 2 is 1.92 bits per heavy atom. The largest absolute Gasteiger partial charge is 0.481 e. The molecule has 6 nitrogen and oxygen atoms in total. The Kier molecular flexibility index (Phi) is 3.59. The maximum Gasteiger partial charge on any atom is 0.308 e. The number of nitrogens with zero attached hydrogens (tertiary/aromatic N) is 2. The third-order valence-corrected chi connectivity index (χ3v) is 4.88. The molecule has 124 valence electrons. The number of aliphatic carboxylic acids is 1. The van der Waals surface area contributed by atoms with Gasteiger partial charge in [0.25, 0.3) is 5.91 Å². The van der Waals surface area contributed by atoms with Crippen LogP contribution < -0.4 is 0 Å². The molecule has 1 saturated carbocycles. The van der Waals surface area contributed by atoms with Gasteiger partial charge in [-0.25, -0.2) is 0 Å². The summed E-state index contributed by atoms with van der Waals surface area (Å²) in [5.41, 5.74) is 1.22. The number of carboxylic acid groups (broad SMARTS) is 1. The Bertz CT molecular complexity index is 766. The van der Waals surface area contributed by atoms with E-state index in [4.69, 9.17) is 4.52 Å². The third kappa shape index (κ3) is 2.68. The topological polar surface area (TPSA) is 83.6 Å². The van der Waals surface area contributed by atoms with Crippen molar-refractivity contribution in [1.82, 2.24) is 10.1 Å². The van der Waals surface area contributed by atoms with Crippen LogP contribution in [0.2, 0.25) is 0 Å². The molecule has 0 radical (unpaired) electrons. The number of benzene rings is 1. The Morgan fingerprint density at radius 3 is 2.58 bits per heavy atom. The standard InChI is InChI=1S/C18H18N2O4/c21-17(15-8-16(24-19-15)12-6-7-12)20-9-13(14(10-20)18(22)23)11-4-2-1-3-5-11/h1-5,8,12-14H,6-7,9-10H2,(H,22,23)/t13-,14-/m1/s1. The maximum absolute atomic E-state index is 12.7. The highest BCUT2D eigenvalue weighted by molar-refractivity contribution is 5.93. The molecule has 2 fully saturated rings. The molecule has 1 aromatic carbocycles. The van der Waals surface area contributed by atoms with Crippen LogP contribution in [-0.2, 0) is 4.79 Å². The predicted molar refractivity (Wildman–Crippen MR) is 84.7 cm³/mol. The third-order valence-electron chi connectivity index (χ3n) is 4.88. The molecule has 2 heterocycles. The minimum absolute atomic E-state index is 0.194. The summed E-state index contributed by atoms with van der Waals surface area (Å²) < 4.78 is 5.24. The molecular formula is C18H18N2O4. The zero-order valence-corrected chi connectivity index (χ0v) is 13.1.